The van der Waals surface area contributed by atoms with Crippen molar-refractivity contribution in [2.45, 2.75) is 44.3 Å². The molecule has 1 aromatic rings. The van der Waals surface area contributed by atoms with E-state index in [1.807, 2.05) is 18.2 Å². The van der Waals surface area contributed by atoms with E-state index in [9.17, 15) is 9.59 Å². The first kappa shape index (κ1) is 11.6. The second-order valence-electron chi connectivity index (χ2n) is 5.36. The maximum Gasteiger partial charge on any atom is 0.136 e. The molecule has 3 rings (SSSR count). The molecular weight excluding hydrogens is 226 g/mol. The molecule has 0 spiro atoms. The van der Waals surface area contributed by atoms with Gasteiger partial charge in [0.15, 0.2) is 0 Å². The Hall–Kier alpha value is -1.48. The third kappa shape index (κ3) is 2.23. The molecule has 18 heavy (non-hydrogen) atoms. The minimum Gasteiger partial charge on any atom is -0.300 e. The summed E-state index contributed by atoms with van der Waals surface area (Å²) in [7, 11) is 0. The van der Waals surface area contributed by atoms with Crippen LogP contribution in [0.2, 0.25) is 0 Å². The van der Waals surface area contributed by atoms with Crippen LogP contribution in [0.4, 0.5) is 0 Å². The number of carbonyl (C=O) groups is 2. The summed E-state index contributed by atoms with van der Waals surface area (Å²) in [5, 5.41) is 0. The molecule has 0 amide bonds. The van der Waals surface area contributed by atoms with Crippen LogP contribution >= 0.6 is 0 Å². The number of nitrogens with zero attached hydrogens (tertiary/aromatic N) is 1. The molecule has 1 aromatic carbocycles. The van der Waals surface area contributed by atoms with E-state index in [2.05, 4.69) is 17.0 Å². The van der Waals surface area contributed by atoms with Gasteiger partial charge in [-0.15, -0.1) is 0 Å². The highest BCUT2D eigenvalue weighted by Crippen LogP contribution is 2.31. The summed E-state index contributed by atoms with van der Waals surface area (Å²) in [5.74, 6) is 0.642. The molecular formula is C15H17NO2. The van der Waals surface area contributed by atoms with Crippen LogP contribution in [-0.2, 0) is 16.1 Å². The van der Waals surface area contributed by atoms with Gasteiger partial charge in [0.1, 0.15) is 11.6 Å². The van der Waals surface area contributed by atoms with Crippen LogP contribution in [0, 0.1) is 0 Å². The van der Waals surface area contributed by atoms with Crippen molar-refractivity contribution in [3.05, 3.63) is 35.9 Å². The SMILES string of the molecule is O=C1CC2CC(=O)CC(C1)N2Cc1ccccc1. The molecule has 3 nitrogen and oxygen atoms in total. The van der Waals surface area contributed by atoms with Gasteiger partial charge in [-0.3, -0.25) is 14.5 Å². The fourth-order valence-corrected chi connectivity index (χ4v) is 3.18. The minimum absolute atomic E-state index is 0.137. The molecule has 0 aromatic heterocycles. The van der Waals surface area contributed by atoms with Crippen molar-refractivity contribution in [1.82, 2.24) is 4.90 Å². The second-order valence-corrected chi connectivity index (χ2v) is 5.36. The van der Waals surface area contributed by atoms with Crippen molar-refractivity contribution in [2.24, 2.45) is 0 Å². The largest absolute Gasteiger partial charge is 0.300 e. The predicted octanol–water partition coefficient (Wildman–Crippen LogP) is 1.95. The highest BCUT2D eigenvalue weighted by atomic mass is 16.1. The Morgan fingerprint density at radius 2 is 1.39 bits per heavy atom. The van der Waals surface area contributed by atoms with Gasteiger partial charge in [0.25, 0.3) is 0 Å². The quantitative estimate of drug-likeness (QED) is 0.796. The summed E-state index contributed by atoms with van der Waals surface area (Å²) in [5.41, 5.74) is 1.26. The Morgan fingerprint density at radius 3 is 1.89 bits per heavy atom. The Morgan fingerprint density at radius 1 is 0.889 bits per heavy atom. The van der Waals surface area contributed by atoms with Gasteiger partial charge in [-0.25, -0.2) is 0 Å². The van der Waals surface area contributed by atoms with Gasteiger partial charge in [-0.2, -0.15) is 0 Å². The maximum atomic E-state index is 11.6. The highest BCUT2D eigenvalue weighted by Gasteiger charge is 2.40. The summed E-state index contributed by atoms with van der Waals surface area (Å²) in [6.45, 7) is 0.858. The third-order valence-corrected chi connectivity index (χ3v) is 4.00. The normalized spacial score (nSPS) is 28.4. The van der Waals surface area contributed by atoms with Crippen LogP contribution in [0.15, 0.2) is 30.3 Å². The second kappa shape index (κ2) is 4.65. The molecule has 0 radical (unpaired) electrons. The van der Waals surface area contributed by atoms with Crippen LogP contribution in [0.3, 0.4) is 0 Å². The number of hydrogen-bond acceptors (Lipinski definition) is 3. The maximum absolute atomic E-state index is 11.6. The van der Waals surface area contributed by atoms with E-state index in [-0.39, 0.29) is 12.1 Å². The average molecular weight is 243 g/mol. The van der Waals surface area contributed by atoms with Crippen molar-refractivity contribution >= 4 is 11.6 Å². The number of hydrogen-bond donors (Lipinski definition) is 0. The number of carbonyl (C=O) groups excluding carboxylic acids is 2. The molecule has 0 N–H and O–H groups in total. The van der Waals surface area contributed by atoms with E-state index in [1.165, 1.54) is 5.56 Å². The van der Waals surface area contributed by atoms with Crippen molar-refractivity contribution in [3.8, 4) is 0 Å². The van der Waals surface area contributed by atoms with Gasteiger partial charge in [-0.1, -0.05) is 30.3 Å². The van der Waals surface area contributed by atoms with Gasteiger partial charge in [0, 0.05) is 44.3 Å². The number of rotatable bonds is 2. The van der Waals surface area contributed by atoms with Gasteiger partial charge >= 0.3 is 0 Å². The van der Waals surface area contributed by atoms with E-state index in [4.69, 9.17) is 0 Å². The molecule has 2 heterocycles. The van der Waals surface area contributed by atoms with Crippen molar-refractivity contribution in [1.29, 1.82) is 0 Å². The summed E-state index contributed by atoms with van der Waals surface area (Å²) < 4.78 is 0. The first-order valence-corrected chi connectivity index (χ1v) is 6.55. The van der Waals surface area contributed by atoms with E-state index in [0.717, 1.165) is 6.54 Å². The number of benzene rings is 1. The average Bonchev–Trinajstić information content (AvgIpc) is 2.32. The van der Waals surface area contributed by atoms with Gasteiger partial charge < -0.3 is 0 Å². The highest BCUT2D eigenvalue weighted by molar-refractivity contribution is 5.87. The Kier molecular flexibility index (Phi) is 3.00. The molecule has 2 aliphatic rings. The summed E-state index contributed by atoms with van der Waals surface area (Å²) in [4.78, 5) is 25.6. The van der Waals surface area contributed by atoms with Crippen LogP contribution < -0.4 is 0 Å². The Labute approximate surface area is 107 Å². The van der Waals surface area contributed by atoms with E-state index in [0.29, 0.717) is 37.2 Å². The monoisotopic (exact) mass is 243 g/mol. The van der Waals surface area contributed by atoms with Crippen molar-refractivity contribution < 1.29 is 9.59 Å². The lowest BCUT2D eigenvalue weighted by Gasteiger charge is -2.44. The number of ketones is 2. The molecule has 2 saturated heterocycles. The lowest BCUT2D eigenvalue weighted by Crippen LogP contribution is -2.54. The number of Topliss-reactive ketones (excluding diaryl/α,β-unsaturated/α-hetero) is 2. The van der Waals surface area contributed by atoms with Gasteiger partial charge in [0.2, 0.25) is 0 Å². The first-order chi connectivity index (χ1) is 8.72. The predicted molar refractivity (Wildman–Crippen MR) is 68.0 cm³/mol. The molecule has 0 atom stereocenters. The molecule has 3 heteroatoms. The van der Waals surface area contributed by atoms with Crippen molar-refractivity contribution in [3.63, 3.8) is 0 Å². The van der Waals surface area contributed by atoms with Crippen LogP contribution in [0.5, 0.6) is 0 Å². The lowest BCUT2D eigenvalue weighted by molar-refractivity contribution is -0.135. The molecule has 0 aliphatic carbocycles. The summed E-state index contributed by atoms with van der Waals surface area (Å²) in [6, 6.07) is 10.6. The van der Waals surface area contributed by atoms with Crippen LogP contribution in [0.25, 0.3) is 0 Å². The standard InChI is InChI=1S/C15H17NO2/c17-14-6-12-7-15(18)9-13(8-14)16(12)10-11-4-2-1-3-5-11/h1-5,12-13H,6-10H2. The first-order valence-electron chi connectivity index (χ1n) is 6.55. The number of fused-ring (bicyclic) bond motifs is 2. The third-order valence-electron chi connectivity index (χ3n) is 4.00. The molecule has 94 valence electrons. The van der Waals surface area contributed by atoms with E-state index < -0.39 is 0 Å². The zero-order valence-electron chi connectivity index (χ0n) is 10.3. The molecule has 0 saturated carbocycles. The minimum atomic E-state index is 0.137. The van der Waals surface area contributed by atoms with Crippen molar-refractivity contribution in [2.75, 3.05) is 0 Å². The topological polar surface area (TPSA) is 37.4 Å². The Bertz CT molecular complexity index is 429. The van der Waals surface area contributed by atoms with Crippen LogP contribution in [0.1, 0.15) is 31.2 Å². The lowest BCUT2D eigenvalue weighted by atomic mass is 9.83. The zero-order valence-corrected chi connectivity index (χ0v) is 10.3. The summed E-state index contributed by atoms with van der Waals surface area (Å²) in [6.07, 6.45) is 2.20. The number of piperidine rings is 2. The van der Waals surface area contributed by atoms with Gasteiger partial charge in [0.05, 0.1) is 0 Å². The van der Waals surface area contributed by atoms with E-state index >= 15 is 0 Å². The fraction of sp³-hybridized carbons (Fsp3) is 0.467. The van der Waals surface area contributed by atoms with Crippen LogP contribution in [-0.4, -0.2) is 28.6 Å². The zero-order chi connectivity index (χ0) is 12.5. The molecule has 2 bridgehead atoms. The fourth-order valence-electron chi connectivity index (χ4n) is 3.18. The smallest absolute Gasteiger partial charge is 0.136 e. The summed E-state index contributed by atoms with van der Waals surface area (Å²) >= 11 is 0. The molecule has 2 aliphatic heterocycles. The molecule has 0 unspecified atom stereocenters. The Balaban J connectivity index is 1.79. The van der Waals surface area contributed by atoms with Gasteiger partial charge in [-0.05, 0) is 5.56 Å². The molecule has 2 fully saturated rings. The van der Waals surface area contributed by atoms with E-state index in [1.54, 1.807) is 0 Å².